The number of nitrogen functional groups attached to an aromatic ring is 1. The van der Waals surface area contributed by atoms with Gasteiger partial charge in [0.1, 0.15) is 11.8 Å². The summed E-state index contributed by atoms with van der Waals surface area (Å²) in [5.74, 6) is -0.605. The Labute approximate surface area is 181 Å². The molecule has 0 aliphatic heterocycles. The fourth-order valence-corrected chi connectivity index (χ4v) is 3.07. The molecule has 1 aliphatic carbocycles. The van der Waals surface area contributed by atoms with Gasteiger partial charge in [-0.3, -0.25) is 24.3 Å². The van der Waals surface area contributed by atoms with Gasteiger partial charge in [0, 0.05) is 31.5 Å². The highest BCUT2D eigenvalue weighted by Gasteiger charge is 2.24. The number of hydrogen-bond donors (Lipinski definition) is 3. The number of aromatic nitrogens is 4. The molecule has 1 fully saturated rings. The van der Waals surface area contributed by atoms with Crippen LogP contribution in [0.3, 0.4) is 0 Å². The van der Waals surface area contributed by atoms with Crippen LogP contribution < -0.4 is 31.4 Å². The van der Waals surface area contributed by atoms with E-state index in [0.717, 1.165) is 17.4 Å². The molecule has 4 N–H and O–H groups in total. The molecule has 0 radical (unpaired) electrons. The van der Waals surface area contributed by atoms with Crippen molar-refractivity contribution >= 4 is 34.4 Å². The Morgan fingerprint density at radius 2 is 2.00 bits per heavy atom. The van der Waals surface area contributed by atoms with Gasteiger partial charge >= 0.3 is 0 Å². The monoisotopic (exact) mass is 439 g/mol. The Balaban J connectivity index is 1.71. The lowest BCUT2D eigenvalue weighted by Gasteiger charge is -2.16. The van der Waals surface area contributed by atoms with Crippen LogP contribution in [-0.4, -0.2) is 51.1 Å². The summed E-state index contributed by atoms with van der Waals surface area (Å²) in [6.07, 6.45) is 5.86. The molecule has 2 amide bonds. The molecule has 1 saturated carbocycles. The number of methoxy groups -OCH3 is 1. The number of anilines is 2. The smallest absolute Gasteiger partial charge is 0.264 e. The van der Waals surface area contributed by atoms with Crippen molar-refractivity contribution in [2.45, 2.75) is 18.9 Å². The summed E-state index contributed by atoms with van der Waals surface area (Å²) < 4.78 is 12.2. The number of nitrogens with zero attached hydrogens (tertiary/aromatic N) is 4. The summed E-state index contributed by atoms with van der Waals surface area (Å²) >= 11 is 0. The summed E-state index contributed by atoms with van der Waals surface area (Å²) in [4.78, 5) is 49.4. The van der Waals surface area contributed by atoms with Crippen LogP contribution in [-0.2, 0) is 11.8 Å². The fourth-order valence-electron chi connectivity index (χ4n) is 3.07. The Kier molecular flexibility index (Phi) is 5.58. The molecule has 0 unspecified atom stereocenters. The SMILES string of the molecule is COc1c(OCC(=O)NC2CC2)cc(N)c2c(=O)n(C)c(NC(=O)c3cncnc3)nc12. The maximum Gasteiger partial charge on any atom is 0.264 e. The molecule has 1 aliphatic rings. The summed E-state index contributed by atoms with van der Waals surface area (Å²) in [7, 11) is 2.82. The zero-order valence-corrected chi connectivity index (χ0v) is 17.4. The molecule has 166 valence electrons. The number of hydrogen-bond acceptors (Lipinski definition) is 9. The minimum Gasteiger partial charge on any atom is -0.491 e. The molecular weight excluding hydrogens is 418 g/mol. The van der Waals surface area contributed by atoms with Crippen molar-refractivity contribution in [1.82, 2.24) is 24.8 Å². The van der Waals surface area contributed by atoms with Crippen LogP contribution in [0.1, 0.15) is 23.2 Å². The largest absolute Gasteiger partial charge is 0.491 e. The first-order chi connectivity index (χ1) is 15.4. The van der Waals surface area contributed by atoms with Crippen LogP contribution in [0.2, 0.25) is 0 Å². The number of nitrogens with one attached hydrogen (secondary N) is 2. The molecule has 1 aromatic carbocycles. The number of fused-ring (bicyclic) bond motifs is 1. The van der Waals surface area contributed by atoms with Crippen LogP contribution in [0.15, 0.2) is 29.6 Å². The van der Waals surface area contributed by atoms with E-state index < -0.39 is 11.5 Å². The number of benzene rings is 1. The lowest BCUT2D eigenvalue weighted by atomic mass is 10.1. The first-order valence-electron chi connectivity index (χ1n) is 9.74. The molecule has 2 aromatic heterocycles. The Morgan fingerprint density at radius 1 is 1.28 bits per heavy atom. The number of carbonyl (C=O) groups is 2. The molecule has 3 aromatic rings. The van der Waals surface area contributed by atoms with E-state index in [9.17, 15) is 14.4 Å². The van der Waals surface area contributed by atoms with Gasteiger partial charge in [-0.2, -0.15) is 0 Å². The molecule has 4 rings (SSSR count). The molecular formula is C20H21N7O5. The van der Waals surface area contributed by atoms with E-state index in [1.54, 1.807) is 0 Å². The van der Waals surface area contributed by atoms with Gasteiger partial charge < -0.3 is 20.5 Å². The van der Waals surface area contributed by atoms with Crippen LogP contribution in [0.4, 0.5) is 11.6 Å². The van der Waals surface area contributed by atoms with Crippen LogP contribution >= 0.6 is 0 Å². The summed E-state index contributed by atoms with van der Waals surface area (Å²) in [5.41, 5.74) is 5.98. The normalized spacial score (nSPS) is 12.9. The Hall–Kier alpha value is -4.22. The van der Waals surface area contributed by atoms with Crippen molar-refractivity contribution in [2.75, 3.05) is 24.8 Å². The Morgan fingerprint density at radius 3 is 2.66 bits per heavy atom. The highest BCUT2D eigenvalue weighted by Crippen LogP contribution is 2.37. The highest BCUT2D eigenvalue weighted by atomic mass is 16.5. The number of rotatable bonds is 7. The van der Waals surface area contributed by atoms with Crippen molar-refractivity contribution in [1.29, 1.82) is 0 Å². The zero-order valence-electron chi connectivity index (χ0n) is 17.4. The van der Waals surface area contributed by atoms with E-state index in [2.05, 4.69) is 25.6 Å². The van der Waals surface area contributed by atoms with Gasteiger partial charge in [0.25, 0.3) is 17.4 Å². The van der Waals surface area contributed by atoms with Gasteiger partial charge in [0.2, 0.25) is 5.95 Å². The average Bonchev–Trinajstić information content (AvgIpc) is 3.60. The number of nitrogens with two attached hydrogens (primary N) is 1. The second kappa shape index (κ2) is 8.49. The van der Waals surface area contributed by atoms with Gasteiger partial charge in [0.15, 0.2) is 18.1 Å². The van der Waals surface area contributed by atoms with Gasteiger partial charge in [-0.05, 0) is 12.8 Å². The van der Waals surface area contributed by atoms with Crippen molar-refractivity contribution in [2.24, 2.45) is 7.05 Å². The van der Waals surface area contributed by atoms with Crippen molar-refractivity contribution < 1.29 is 19.1 Å². The van der Waals surface area contributed by atoms with Crippen LogP contribution in [0, 0.1) is 0 Å². The second-order valence-corrected chi connectivity index (χ2v) is 7.23. The molecule has 12 nitrogen and oxygen atoms in total. The van der Waals surface area contributed by atoms with Crippen molar-refractivity contribution in [3.8, 4) is 11.5 Å². The molecule has 0 atom stereocenters. The van der Waals surface area contributed by atoms with Crippen molar-refractivity contribution in [3.05, 3.63) is 40.7 Å². The van der Waals surface area contributed by atoms with Gasteiger partial charge in [-0.25, -0.2) is 15.0 Å². The van der Waals surface area contributed by atoms with E-state index in [0.29, 0.717) is 0 Å². The standard InChI is InChI=1S/C20H21N7O5/c1-27-19(30)15-12(21)5-13(32-8-14(28)24-11-3-4-11)17(31-2)16(15)25-20(27)26-18(29)10-6-22-9-23-7-10/h5-7,9,11H,3-4,8,21H2,1-2H3,(H,24,28)(H,25,26,29). The number of amides is 2. The predicted molar refractivity (Wildman–Crippen MR) is 115 cm³/mol. The predicted octanol–water partition coefficient (Wildman–Crippen LogP) is 0.224. The summed E-state index contributed by atoms with van der Waals surface area (Å²) in [6.45, 7) is -0.250. The maximum absolute atomic E-state index is 13.0. The first-order valence-corrected chi connectivity index (χ1v) is 9.74. The lowest BCUT2D eigenvalue weighted by molar-refractivity contribution is -0.123. The van der Waals surface area contributed by atoms with E-state index in [1.165, 1.54) is 38.9 Å². The third-order valence-electron chi connectivity index (χ3n) is 4.86. The lowest BCUT2D eigenvalue weighted by Crippen LogP contribution is -2.30. The van der Waals surface area contributed by atoms with E-state index in [-0.39, 0.29) is 58.2 Å². The molecule has 2 heterocycles. The fraction of sp³-hybridized carbons (Fsp3) is 0.300. The van der Waals surface area contributed by atoms with E-state index in [4.69, 9.17) is 15.2 Å². The molecule has 32 heavy (non-hydrogen) atoms. The maximum atomic E-state index is 13.0. The number of carbonyl (C=O) groups excluding carboxylic acids is 2. The number of ether oxygens (including phenoxy) is 2. The second-order valence-electron chi connectivity index (χ2n) is 7.23. The van der Waals surface area contributed by atoms with Gasteiger partial charge in [-0.15, -0.1) is 0 Å². The topological polar surface area (TPSA) is 163 Å². The zero-order chi connectivity index (χ0) is 22.8. The van der Waals surface area contributed by atoms with E-state index in [1.807, 2.05) is 0 Å². The first kappa shape index (κ1) is 21.0. The third-order valence-corrected chi connectivity index (χ3v) is 4.86. The van der Waals surface area contributed by atoms with Crippen LogP contribution in [0.5, 0.6) is 11.5 Å². The minimum atomic E-state index is -0.552. The highest BCUT2D eigenvalue weighted by molar-refractivity contribution is 6.04. The van der Waals surface area contributed by atoms with E-state index >= 15 is 0 Å². The summed E-state index contributed by atoms with van der Waals surface area (Å²) in [6, 6.07) is 1.61. The molecule has 0 spiro atoms. The molecule has 0 saturated heterocycles. The minimum absolute atomic E-state index is 0.0438. The van der Waals surface area contributed by atoms with Crippen molar-refractivity contribution in [3.63, 3.8) is 0 Å². The quantitative estimate of drug-likeness (QED) is 0.437. The van der Waals surface area contributed by atoms with Gasteiger partial charge in [-0.1, -0.05) is 0 Å². The van der Waals surface area contributed by atoms with Crippen LogP contribution in [0.25, 0.3) is 10.9 Å². The van der Waals surface area contributed by atoms with Gasteiger partial charge in [0.05, 0.1) is 23.7 Å². The average molecular weight is 439 g/mol. The third kappa shape index (κ3) is 4.15. The summed E-state index contributed by atoms with van der Waals surface area (Å²) in [5, 5.41) is 5.47. The molecule has 12 heteroatoms. The molecule has 0 bridgehead atoms. The Bertz CT molecular complexity index is 1250.